The first-order valence-corrected chi connectivity index (χ1v) is 10.9. The number of para-hydroxylation sites is 1. The quantitative estimate of drug-likeness (QED) is 0.501. The average molecular weight is 424 g/mol. The number of nitro benzene ring substituents is 1. The Morgan fingerprint density at radius 2 is 1.84 bits per heavy atom. The number of anilines is 2. The lowest BCUT2D eigenvalue weighted by Gasteiger charge is -2.39. The smallest absolute Gasteiger partial charge is 0.293 e. The van der Waals surface area contributed by atoms with Crippen molar-refractivity contribution < 1.29 is 9.72 Å². The Morgan fingerprint density at radius 3 is 2.48 bits per heavy atom. The van der Waals surface area contributed by atoms with Gasteiger partial charge < -0.3 is 15.5 Å². The molecule has 2 aromatic carbocycles. The number of nitrogens with zero attached hydrogens (tertiary/aromatic N) is 3. The number of rotatable bonds is 8. The van der Waals surface area contributed by atoms with Crippen molar-refractivity contribution >= 4 is 23.0 Å². The maximum atomic E-state index is 12.6. The second-order valence-electron chi connectivity index (χ2n) is 8.33. The molecule has 1 saturated heterocycles. The van der Waals surface area contributed by atoms with E-state index in [0.717, 1.165) is 39.0 Å². The lowest BCUT2D eigenvalue weighted by molar-refractivity contribution is -0.384. The molecule has 1 amide bonds. The molecule has 4 rings (SSSR count). The highest BCUT2D eigenvalue weighted by atomic mass is 16.6. The van der Waals surface area contributed by atoms with E-state index in [-0.39, 0.29) is 17.6 Å². The van der Waals surface area contributed by atoms with E-state index in [1.165, 1.54) is 11.8 Å². The van der Waals surface area contributed by atoms with E-state index in [0.29, 0.717) is 23.8 Å². The molecular weight excluding hydrogens is 394 g/mol. The van der Waals surface area contributed by atoms with Gasteiger partial charge in [0.15, 0.2) is 0 Å². The number of benzene rings is 2. The van der Waals surface area contributed by atoms with Crippen LogP contribution in [0.5, 0.6) is 0 Å². The van der Waals surface area contributed by atoms with Gasteiger partial charge in [-0.1, -0.05) is 18.2 Å². The molecule has 1 saturated carbocycles. The molecule has 31 heavy (non-hydrogen) atoms. The van der Waals surface area contributed by atoms with Gasteiger partial charge in [-0.3, -0.25) is 19.8 Å². The zero-order valence-electron chi connectivity index (χ0n) is 17.8. The maximum absolute atomic E-state index is 12.6. The van der Waals surface area contributed by atoms with Gasteiger partial charge in [0.25, 0.3) is 11.6 Å². The van der Waals surface area contributed by atoms with Crippen LogP contribution in [0.3, 0.4) is 0 Å². The maximum Gasteiger partial charge on any atom is 0.293 e. The second kappa shape index (κ2) is 9.34. The Bertz CT molecular complexity index is 924. The fraction of sp³-hybridized carbons (Fsp3) is 0.435. The number of amides is 1. The minimum absolute atomic E-state index is 0.0513. The summed E-state index contributed by atoms with van der Waals surface area (Å²) < 4.78 is 0. The molecule has 2 aromatic rings. The highest BCUT2D eigenvalue weighted by Gasteiger charge is 2.26. The molecule has 2 fully saturated rings. The molecule has 0 radical (unpaired) electrons. The number of carbonyl (C=O) groups excluding carboxylic acids is 1. The predicted molar refractivity (Wildman–Crippen MR) is 122 cm³/mol. The molecule has 164 valence electrons. The van der Waals surface area contributed by atoms with Gasteiger partial charge in [0.2, 0.25) is 0 Å². The van der Waals surface area contributed by atoms with Crippen LogP contribution >= 0.6 is 0 Å². The van der Waals surface area contributed by atoms with Crippen molar-refractivity contribution in [1.82, 2.24) is 10.2 Å². The number of piperazine rings is 1. The lowest BCUT2D eigenvalue weighted by atomic mass is 10.1. The molecule has 2 aliphatic rings. The van der Waals surface area contributed by atoms with Gasteiger partial charge in [-0.15, -0.1) is 0 Å². The molecule has 1 heterocycles. The van der Waals surface area contributed by atoms with Crippen LogP contribution in [0.1, 0.15) is 30.1 Å². The first kappa shape index (κ1) is 21.1. The Morgan fingerprint density at radius 1 is 1.13 bits per heavy atom. The SMILES string of the molecule is CC(CNC(=O)c1ccc(NC2CC2)c([N+](=O)[O-])c1)N1CCN(c2ccccc2)CC1. The van der Waals surface area contributed by atoms with Crippen LogP contribution < -0.4 is 15.5 Å². The van der Waals surface area contributed by atoms with Gasteiger partial charge in [0, 0.05) is 62.1 Å². The summed E-state index contributed by atoms with van der Waals surface area (Å²) in [7, 11) is 0. The van der Waals surface area contributed by atoms with Crippen molar-refractivity contribution in [3.05, 3.63) is 64.2 Å². The van der Waals surface area contributed by atoms with Gasteiger partial charge in [-0.2, -0.15) is 0 Å². The normalized spacial score (nSPS) is 17.8. The molecule has 0 spiro atoms. The molecule has 1 atom stereocenters. The van der Waals surface area contributed by atoms with E-state index >= 15 is 0 Å². The van der Waals surface area contributed by atoms with Gasteiger partial charge in [-0.05, 0) is 44.0 Å². The van der Waals surface area contributed by atoms with E-state index in [2.05, 4.69) is 51.6 Å². The molecule has 8 heteroatoms. The van der Waals surface area contributed by atoms with Crippen LogP contribution in [0.4, 0.5) is 17.1 Å². The first-order valence-electron chi connectivity index (χ1n) is 10.9. The van der Waals surface area contributed by atoms with Gasteiger partial charge in [-0.25, -0.2) is 0 Å². The van der Waals surface area contributed by atoms with Crippen molar-refractivity contribution in [2.45, 2.75) is 31.8 Å². The summed E-state index contributed by atoms with van der Waals surface area (Å²) in [4.78, 5) is 28.3. The van der Waals surface area contributed by atoms with Crippen molar-refractivity contribution in [3.63, 3.8) is 0 Å². The minimum atomic E-state index is -0.434. The monoisotopic (exact) mass is 423 g/mol. The van der Waals surface area contributed by atoms with Gasteiger partial charge in [0.1, 0.15) is 5.69 Å². The number of carbonyl (C=O) groups is 1. The van der Waals surface area contributed by atoms with Gasteiger partial charge >= 0.3 is 0 Å². The molecular formula is C23H29N5O3. The third-order valence-electron chi connectivity index (χ3n) is 6.01. The topological polar surface area (TPSA) is 90.7 Å². The van der Waals surface area contributed by atoms with E-state index in [1.807, 2.05) is 6.07 Å². The van der Waals surface area contributed by atoms with Crippen LogP contribution in [0, 0.1) is 10.1 Å². The summed E-state index contributed by atoms with van der Waals surface area (Å²) in [6.07, 6.45) is 2.05. The van der Waals surface area contributed by atoms with Crippen LogP contribution in [0.2, 0.25) is 0 Å². The number of nitrogens with one attached hydrogen (secondary N) is 2. The largest absolute Gasteiger partial charge is 0.377 e. The van der Waals surface area contributed by atoms with Crippen LogP contribution in [0.15, 0.2) is 48.5 Å². The van der Waals surface area contributed by atoms with Crippen molar-refractivity contribution in [2.75, 3.05) is 42.9 Å². The molecule has 8 nitrogen and oxygen atoms in total. The lowest BCUT2D eigenvalue weighted by Crippen LogP contribution is -2.52. The van der Waals surface area contributed by atoms with E-state index in [9.17, 15) is 14.9 Å². The third kappa shape index (κ3) is 5.32. The summed E-state index contributed by atoms with van der Waals surface area (Å²) in [5, 5.41) is 17.5. The average Bonchev–Trinajstić information content (AvgIpc) is 3.62. The number of hydrogen-bond donors (Lipinski definition) is 2. The fourth-order valence-electron chi connectivity index (χ4n) is 3.92. The highest BCUT2D eigenvalue weighted by Crippen LogP contribution is 2.31. The molecule has 0 bridgehead atoms. The zero-order chi connectivity index (χ0) is 21.8. The molecule has 1 aliphatic carbocycles. The Hall–Kier alpha value is -3.13. The van der Waals surface area contributed by atoms with E-state index in [4.69, 9.17) is 0 Å². The van der Waals surface area contributed by atoms with Crippen molar-refractivity contribution in [1.29, 1.82) is 0 Å². The zero-order valence-corrected chi connectivity index (χ0v) is 17.8. The second-order valence-corrected chi connectivity index (χ2v) is 8.33. The summed E-state index contributed by atoms with van der Waals surface area (Å²) in [5.41, 5.74) is 1.98. The third-order valence-corrected chi connectivity index (χ3v) is 6.01. The highest BCUT2D eigenvalue weighted by molar-refractivity contribution is 5.95. The predicted octanol–water partition coefficient (Wildman–Crippen LogP) is 3.11. The Balaban J connectivity index is 1.29. The van der Waals surface area contributed by atoms with Crippen molar-refractivity contribution in [3.8, 4) is 0 Å². The van der Waals surface area contributed by atoms with Gasteiger partial charge in [0.05, 0.1) is 4.92 Å². The van der Waals surface area contributed by atoms with E-state index in [1.54, 1.807) is 12.1 Å². The fourth-order valence-corrected chi connectivity index (χ4v) is 3.92. The van der Waals surface area contributed by atoms with Crippen molar-refractivity contribution in [2.24, 2.45) is 0 Å². The molecule has 2 N–H and O–H groups in total. The van der Waals surface area contributed by atoms with Crippen LogP contribution in [-0.2, 0) is 0 Å². The standard InChI is InChI=1S/C23H29N5O3/c1-17(26-11-13-27(14-12-26)20-5-3-2-4-6-20)16-24-23(29)18-7-10-21(25-19-8-9-19)22(15-18)28(30)31/h2-7,10,15,17,19,25H,8-9,11-14,16H2,1H3,(H,24,29). The van der Waals surface area contributed by atoms with Crippen LogP contribution in [0.25, 0.3) is 0 Å². The van der Waals surface area contributed by atoms with E-state index < -0.39 is 4.92 Å². The molecule has 1 aliphatic heterocycles. The Kier molecular flexibility index (Phi) is 6.36. The summed E-state index contributed by atoms with van der Waals surface area (Å²) in [6, 6.07) is 15.5. The minimum Gasteiger partial charge on any atom is -0.377 e. The molecule has 0 aromatic heterocycles. The summed E-state index contributed by atoms with van der Waals surface area (Å²) in [5.74, 6) is -0.282. The summed E-state index contributed by atoms with van der Waals surface area (Å²) >= 11 is 0. The summed E-state index contributed by atoms with van der Waals surface area (Å²) in [6.45, 7) is 6.36. The number of nitro groups is 1. The number of hydrogen-bond acceptors (Lipinski definition) is 6. The molecule has 1 unspecified atom stereocenters. The van der Waals surface area contributed by atoms with Crippen LogP contribution in [-0.4, -0.2) is 60.5 Å². The first-order chi connectivity index (χ1) is 15.0. The Labute approximate surface area is 182 Å².